The highest BCUT2D eigenvalue weighted by Crippen LogP contribution is 2.33. The molecule has 1 aliphatic heterocycles. The first-order valence-corrected chi connectivity index (χ1v) is 11.9. The zero-order valence-electron chi connectivity index (χ0n) is 19.1. The molecule has 9 heteroatoms. The standard InChI is InChI=1S/C24H33N3O6/c28-21(25-18-24(10-4-1-5-11-24)26-13-15-31-16-14-26)17-32-22(29)9-6-12-27-19-7-2-3-8-20(19)33-23(27)30/h2-3,7-8H,1,4-6,9-18H2,(H,25,28). The lowest BCUT2D eigenvalue weighted by Gasteiger charge is -2.48. The minimum atomic E-state index is -0.452. The number of para-hydroxylation sites is 2. The second kappa shape index (κ2) is 11.0. The molecule has 180 valence electrons. The molecule has 0 bridgehead atoms. The number of hydrogen-bond acceptors (Lipinski definition) is 7. The molecule has 0 radical (unpaired) electrons. The second-order valence-electron chi connectivity index (χ2n) is 8.91. The third kappa shape index (κ3) is 5.83. The summed E-state index contributed by atoms with van der Waals surface area (Å²) in [5.41, 5.74) is 1.20. The van der Waals surface area contributed by atoms with Crippen LogP contribution in [0.4, 0.5) is 0 Å². The molecule has 1 aromatic heterocycles. The van der Waals surface area contributed by atoms with Crippen molar-refractivity contribution < 1.29 is 23.5 Å². The molecule has 33 heavy (non-hydrogen) atoms. The molecule has 4 rings (SSSR count). The summed E-state index contributed by atoms with van der Waals surface area (Å²) in [5, 5.41) is 3.00. The fraction of sp³-hybridized carbons (Fsp3) is 0.625. The van der Waals surface area contributed by atoms with Gasteiger partial charge in [0.15, 0.2) is 12.2 Å². The van der Waals surface area contributed by atoms with E-state index < -0.39 is 11.7 Å². The Labute approximate surface area is 193 Å². The van der Waals surface area contributed by atoms with Crippen LogP contribution in [0.2, 0.25) is 0 Å². The molecule has 2 aromatic rings. The van der Waals surface area contributed by atoms with Gasteiger partial charge in [-0.2, -0.15) is 0 Å². The lowest BCUT2D eigenvalue weighted by atomic mass is 9.79. The third-order valence-corrected chi connectivity index (χ3v) is 6.78. The van der Waals surface area contributed by atoms with Gasteiger partial charge in [-0.1, -0.05) is 31.4 Å². The average Bonchev–Trinajstić information content (AvgIpc) is 3.17. The minimum Gasteiger partial charge on any atom is -0.456 e. The van der Waals surface area contributed by atoms with Crippen LogP contribution in [-0.4, -0.2) is 66.3 Å². The number of aryl methyl sites for hydroxylation is 1. The Balaban J connectivity index is 1.20. The van der Waals surface area contributed by atoms with Crippen molar-refractivity contribution in [2.45, 2.75) is 57.0 Å². The van der Waals surface area contributed by atoms with Gasteiger partial charge in [-0.05, 0) is 31.4 Å². The number of aromatic nitrogens is 1. The molecule has 1 aliphatic carbocycles. The van der Waals surface area contributed by atoms with Gasteiger partial charge >= 0.3 is 11.7 Å². The van der Waals surface area contributed by atoms with Crippen molar-refractivity contribution in [2.24, 2.45) is 0 Å². The van der Waals surface area contributed by atoms with Crippen molar-refractivity contribution in [3.63, 3.8) is 0 Å². The zero-order valence-corrected chi connectivity index (χ0v) is 19.1. The molecular weight excluding hydrogens is 426 g/mol. The SMILES string of the molecule is O=C(COC(=O)CCCn1c(=O)oc2ccccc21)NCC1(N2CCOCC2)CCCCC1. The quantitative estimate of drug-likeness (QED) is 0.573. The first-order valence-electron chi connectivity index (χ1n) is 11.9. The monoisotopic (exact) mass is 459 g/mol. The van der Waals surface area contributed by atoms with Gasteiger partial charge in [-0.15, -0.1) is 0 Å². The summed E-state index contributed by atoms with van der Waals surface area (Å²) in [6, 6.07) is 7.17. The number of ether oxygens (including phenoxy) is 2. The Morgan fingerprint density at radius 2 is 1.85 bits per heavy atom. The number of fused-ring (bicyclic) bond motifs is 1. The van der Waals surface area contributed by atoms with Gasteiger partial charge in [0.2, 0.25) is 0 Å². The van der Waals surface area contributed by atoms with Crippen molar-refractivity contribution >= 4 is 23.0 Å². The average molecular weight is 460 g/mol. The number of hydrogen-bond donors (Lipinski definition) is 1. The predicted octanol–water partition coefficient (Wildman–Crippen LogP) is 2.07. The van der Waals surface area contributed by atoms with E-state index in [0.29, 0.717) is 30.6 Å². The minimum absolute atomic E-state index is 0.0255. The fourth-order valence-corrected chi connectivity index (χ4v) is 4.99. The predicted molar refractivity (Wildman–Crippen MR) is 122 cm³/mol. The van der Waals surface area contributed by atoms with E-state index in [1.807, 2.05) is 6.07 Å². The Bertz CT molecular complexity index is 1000. The molecule has 1 saturated heterocycles. The molecule has 0 spiro atoms. The van der Waals surface area contributed by atoms with Gasteiger partial charge in [0, 0.05) is 38.1 Å². The van der Waals surface area contributed by atoms with E-state index >= 15 is 0 Å². The molecule has 1 saturated carbocycles. The summed E-state index contributed by atoms with van der Waals surface area (Å²) >= 11 is 0. The summed E-state index contributed by atoms with van der Waals surface area (Å²) in [5.74, 6) is -1.17. The van der Waals surface area contributed by atoms with E-state index in [9.17, 15) is 14.4 Å². The number of morpholine rings is 1. The van der Waals surface area contributed by atoms with Gasteiger partial charge in [0.05, 0.1) is 18.7 Å². The molecule has 2 heterocycles. The van der Waals surface area contributed by atoms with E-state index in [4.69, 9.17) is 13.9 Å². The molecule has 9 nitrogen and oxygen atoms in total. The van der Waals surface area contributed by atoms with E-state index in [2.05, 4.69) is 10.2 Å². The Hall–Kier alpha value is -2.65. The van der Waals surface area contributed by atoms with Crippen LogP contribution in [0.1, 0.15) is 44.9 Å². The summed E-state index contributed by atoms with van der Waals surface area (Å²) in [4.78, 5) is 38.9. The number of benzene rings is 1. The number of amides is 1. The Morgan fingerprint density at radius 3 is 2.64 bits per heavy atom. The smallest absolute Gasteiger partial charge is 0.419 e. The fourth-order valence-electron chi connectivity index (χ4n) is 4.99. The van der Waals surface area contributed by atoms with Crippen molar-refractivity contribution in [3.8, 4) is 0 Å². The van der Waals surface area contributed by atoms with Crippen molar-refractivity contribution in [3.05, 3.63) is 34.8 Å². The van der Waals surface area contributed by atoms with Gasteiger partial charge < -0.3 is 19.2 Å². The Kier molecular flexibility index (Phi) is 7.82. The van der Waals surface area contributed by atoms with E-state index in [1.165, 1.54) is 11.0 Å². The first-order chi connectivity index (χ1) is 16.1. The van der Waals surface area contributed by atoms with Crippen molar-refractivity contribution in [2.75, 3.05) is 39.5 Å². The molecule has 2 aliphatic rings. The van der Waals surface area contributed by atoms with Crippen LogP contribution in [0.3, 0.4) is 0 Å². The van der Waals surface area contributed by atoms with Crippen LogP contribution < -0.4 is 11.1 Å². The van der Waals surface area contributed by atoms with Crippen LogP contribution in [0, 0.1) is 0 Å². The molecule has 0 unspecified atom stereocenters. The number of oxazole rings is 1. The molecule has 1 N–H and O–H groups in total. The number of carbonyl (C=O) groups is 2. The maximum absolute atomic E-state index is 12.4. The highest BCUT2D eigenvalue weighted by molar-refractivity contribution is 5.80. The summed E-state index contributed by atoms with van der Waals surface area (Å²) in [7, 11) is 0. The van der Waals surface area contributed by atoms with Crippen LogP contribution in [0.25, 0.3) is 11.1 Å². The van der Waals surface area contributed by atoms with Crippen LogP contribution in [-0.2, 0) is 25.6 Å². The van der Waals surface area contributed by atoms with Gasteiger partial charge in [-0.3, -0.25) is 19.1 Å². The van der Waals surface area contributed by atoms with Crippen LogP contribution in [0.15, 0.2) is 33.5 Å². The van der Waals surface area contributed by atoms with Gasteiger partial charge in [0.1, 0.15) is 0 Å². The maximum Gasteiger partial charge on any atom is 0.419 e. The zero-order chi connectivity index (χ0) is 23.1. The summed E-state index contributed by atoms with van der Waals surface area (Å²) in [6.45, 7) is 3.87. The third-order valence-electron chi connectivity index (χ3n) is 6.78. The number of rotatable bonds is 9. The largest absolute Gasteiger partial charge is 0.456 e. The topological polar surface area (TPSA) is 103 Å². The van der Waals surface area contributed by atoms with Gasteiger partial charge in [0.25, 0.3) is 5.91 Å². The molecule has 1 aromatic carbocycles. The van der Waals surface area contributed by atoms with E-state index in [0.717, 1.165) is 52.0 Å². The number of carbonyl (C=O) groups excluding carboxylic acids is 2. The number of esters is 1. The molecule has 0 atom stereocenters. The first kappa shape index (κ1) is 23.5. The molecule has 2 fully saturated rings. The van der Waals surface area contributed by atoms with Crippen LogP contribution in [0.5, 0.6) is 0 Å². The van der Waals surface area contributed by atoms with E-state index in [1.54, 1.807) is 18.2 Å². The normalized spacial score (nSPS) is 18.8. The summed E-state index contributed by atoms with van der Waals surface area (Å²) in [6.07, 6.45) is 6.23. The number of nitrogens with one attached hydrogen (secondary N) is 1. The van der Waals surface area contributed by atoms with Crippen molar-refractivity contribution in [1.29, 1.82) is 0 Å². The number of nitrogens with zero attached hydrogens (tertiary/aromatic N) is 2. The van der Waals surface area contributed by atoms with Gasteiger partial charge in [-0.25, -0.2) is 4.79 Å². The molecule has 1 amide bonds. The van der Waals surface area contributed by atoms with Crippen molar-refractivity contribution in [1.82, 2.24) is 14.8 Å². The lowest BCUT2D eigenvalue weighted by Crippen LogP contribution is -2.59. The molecular formula is C24H33N3O6. The lowest BCUT2D eigenvalue weighted by molar-refractivity contribution is -0.148. The van der Waals surface area contributed by atoms with E-state index in [-0.39, 0.29) is 24.5 Å². The maximum atomic E-state index is 12.4. The Morgan fingerprint density at radius 1 is 1.09 bits per heavy atom. The highest BCUT2D eigenvalue weighted by Gasteiger charge is 2.38. The van der Waals surface area contributed by atoms with Crippen LogP contribution >= 0.6 is 0 Å². The summed E-state index contributed by atoms with van der Waals surface area (Å²) < 4.78 is 17.4. The second-order valence-corrected chi connectivity index (χ2v) is 8.91. The highest BCUT2D eigenvalue weighted by atomic mass is 16.5.